The van der Waals surface area contributed by atoms with E-state index in [0.29, 0.717) is 22.3 Å². The first-order valence-electron chi connectivity index (χ1n) is 13.0. The lowest BCUT2D eigenvalue weighted by atomic mass is 9.96. The van der Waals surface area contributed by atoms with Crippen molar-refractivity contribution in [2.45, 2.75) is 26.7 Å². The second kappa shape index (κ2) is 11.2. The number of ether oxygens (including phenoxy) is 1. The first kappa shape index (κ1) is 28.0. The molecule has 0 spiro atoms. The lowest BCUT2D eigenvalue weighted by molar-refractivity contribution is 0.0696. The number of benzene rings is 3. The summed E-state index contributed by atoms with van der Waals surface area (Å²) in [5.74, 6) is -0.821. The highest BCUT2D eigenvalue weighted by atomic mass is 16.5. The number of aromatic carboxylic acids is 2. The lowest BCUT2D eigenvalue weighted by Crippen LogP contribution is -2.20. The third-order valence-corrected chi connectivity index (χ3v) is 6.83. The number of aromatic nitrogens is 2. The highest BCUT2D eigenvalue weighted by Gasteiger charge is 2.19. The fourth-order valence-electron chi connectivity index (χ4n) is 4.68. The van der Waals surface area contributed by atoms with Crippen molar-refractivity contribution in [3.63, 3.8) is 0 Å². The van der Waals surface area contributed by atoms with Crippen LogP contribution in [0.15, 0.2) is 81.0 Å². The van der Waals surface area contributed by atoms with Crippen LogP contribution in [0, 0.1) is 6.92 Å². The molecule has 0 fully saturated rings. The minimum Gasteiger partial charge on any atom is -0.496 e. The van der Waals surface area contributed by atoms with Gasteiger partial charge in [-0.25, -0.2) is 14.6 Å². The smallest absolute Gasteiger partial charge is 0.335 e. The Bertz CT molecular complexity index is 1920. The minimum atomic E-state index is -1.27. The molecule has 5 rings (SSSR count). The molecule has 2 aromatic heterocycles. The zero-order chi connectivity index (χ0) is 30.1. The topological polar surface area (TPSA) is 144 Å². The van der Waals surface area contributed by atoms with E-state index < -0.39 is 11.9 Å². The molecule has 0 unspecified atom stereocenters. The van der Waals surface area contributed by atoms with Gasteiger partial charge in [0.1, 0.15) is 17.3 Å². The molecule has 10 heteroatoms. The van der Waals surface area contributed by atoms with Crippen LogP contribution in [0.5, 0.6) is 5.75 Å². The molecular formula is C32H27N3O7. The van der Waals surface area contributed by atoms with Crippen LogP contribution in [0.3, 0.4) is 0 Å². The summed E-state index contributed by atoms with van der Waals surface area (Å²) in [7, 11) is 1.62. The van der Waals surface area contributed by atoms with Gasteiger partial charge in [0.15, 0.2) is 5.82 Å². The average molecular weight is 566 g/mol. The summed E-state index contributed by atoms with van der Waals surface area (Å²) < 4.78 is 12.7. The summed E-state index contributed by atoms with van der Waals surface area (Å²) in [5, 5.41) is 23.7. The van der Waals surface area contributed by atoms with Crippen molar-refractivity contribution < 1.29 is 29.0 Å². The van der Waals surface area contributed by atoms with Gasteiger partial charge in [-0.05, 0) is 78.6 Å². The van der Waals surface area contributed by atoms with E-state index in [-0.39, 0.29) is 39.7 Å². The number of methoxy groups -OCH3 is 1. The Balaban J connectivity index is 1.63. The molecule has 0 aliphatic heterocycles. The Hall–Kier alpha value is -5.51. The van der Waals surface area contributed by atoms with Gasteiger partial charge in [-0.2, -0.15) is 9.78 Å². The van der Waals surface area contributed by atoms with Crippen LogP contribution < -0.4 is 10.3 Å². The molecule has 0 radical (unpaired) electrons. The minimum absolute atomic E-state index is 0.145. The summed E-state index contributed by atoms with van der Waals surface area (Å²) in [6, 6.07) is 17.8. The molecule has 0 saturated heterocycles. The molecular weight excluding hydrogens is 538 g/mol. The van der Waals surface area contributed by atoms with Gasteiger partial charge in [-0.1, -0.05) is 26.0 Å². The first-order valence-corrected chi connectivity index (χ1v) is 13.0. The summed E-state index contributed by atoms with van der Waals surface area (Å²) in [5.41, 5.74) is 2.55. The number of furan rings is 1. The normalized spacial score (nSPS) is 11.5. The SMILES string of the molecule is COc1cc(C)c(-c2nc3ccccc3c(=O)n2N=Cc2ccc(-c3cc(C(=O)O)cc(C(=O)O)c3)o2)cc1C(C)C. The standard InChI is InChI=1S/C32H27N3O7/c1-17(2)24-15-25(18(3)11-28(24)41-4)29-34-26-8-6-5-7-23(26)30(36)35(29)33-16-22-9-10-27(42-22)19-12-20(31(37)38)14-21(13-19)32(39)40/h5-17H,1-4H3,(H,37,38)(H,39,40). The van der Waals surface area contributed by atoms with Gasteiger partial charge >= 0.3 is 11.9 Å². The molecule has 0 saturated carbocycles. The Morgan fingerprint density at radius 2 is 1.69 bits per heavy atom. The van der Waals surface area contributed by atoms with E-state index >= 15 is 0 Å². The summed E-state index contributed by atoms with van der Waals surface area (Å²) >= 11 is 0. The van der Waals surface area contributed by atoms with Gasteiger partial charge in [0, 0.05) is 11.1 Å². The van der Waals surface area contributed by atoms with Crippen LogP contribution in [-0.4, -0.2) is 45.1 Å². The number of aryl methyl sites for hydroxylation is 1. The van der Waals surface area contributed by atoms with E-state index in [2.05, 4.69) is 18.9 Å². The van der Waals surface area contributed by atoms with Crippen molar-refractivity contribution in [3.05, 3.63) is 105 Å². The number of hydrogen-bond acceptors (Lipinski definition) is 7. The number of nitrogens with zero attached hydrogens (tertiary/aromatic N) is 3. The molecule has 0 bridgehead atoms. The summed E-state index contributed by atoms with van der Waals surface area (Å²) in [4.78, 5) is 41.5. The van der Waals surface area contributed by atoms with Crippen LogP contribution >= 0.6 is 0 Å². The van der Waals surface area contributed by atoms with Gasteiger partial charge < -0.3 is 19.4 Å². The lowest BCUT2D eigenvalue weighted by Gasteiger charge is -2.17. The monoisotopic (exact) mass is 565 g/mol. The first-order chi connectivity index (χ1) is 20.1. The van der Waals surface area contributed by atoms with Crippen molar-refractivity contribution in [2.75, 3.05) is 7.11 Å². The van der Waals surface area contributed by atoms with Crippen LogP contribution in [0.1, 0.15) is 57.4 Å². The molecule has 42 heavy (non-hydrogen) atoms. The molecule has 0 aliphatic carbocycles. The third-order valence-electron chi connectivity index (χ3n) is 6.83. The molecule has 2 heterocycles. The number of carboxylic acids is 2. The second-order valence-electron chi connectivity index (χ2n) is 9.99. The highest BCUT2D eigenvalue weighted by molar-refractivity contribution is 5.96. The molecule has 2 N–H and O–H groups in total. The number of carbonyl (C=O) groups is 2. The fraction of sp³-hybridized carbons (Fsp3) is 0.156. The van der Waals surface area contributed by atoms with Crippen molar-refractivity contribution in [1.82, 2.24) is 9.66 Å². The average Bonchev–Trinajstić information content (AvgIpc) is 3.45. The Labute approximate surface area is 240 Å². The maximum absolute atomic E-state index is 13.7. The number of rotatable bonds is 8. The predicted molar refractivity (Wildman–Crippen MR) is 158 cm³/mol. The molecule has 5 aromatic rings. The third kappa shape index (κ3) is 5.29. The molecule has 212 valence electrons. The van der Waals surface area contributed by atoms with E-state index in [4.69, 9.17) is 14.1 Å². The van der Waals surface area contributed by atoms with Crippen molar-refractivity contribution in [3.8, 4) is 28.5 Å². The Morgan fingerprint density at radius 3 is 2.33 bits per heavy atom. The van der Waals surface area contributed by atoms with Crippen molar-refractivity contribution >= 4 is 29.1 Å². The van der Waals surface area contributed by atoms with Gasteiger partial charge in [0.05, 0.1) is 35.4 Å². The Kier molecular flexibility index (Phi) is 7.45. The molecule has 10 nitrogen and oxygen atoms in total. The van der Waals surface area contributed by atoms with E-state index in [1.54, 1.807) is 37.4 Å². The van der Waals surface area contributed by atoms with Crippen molar-refractivity contribution in [2.24, 2.45) is 5.10 Å². The largest absolute Gasteiger partial charge is 0.496 e. The quantitative estimate of drug-likeness (QED) is 0.217. The maximum Gasteiger partial charge on any atom is 0.335 e. The summed E-state index contributed by atoms with van der Waals surface area (Å²) in [6.07, 6.45) is 1.35. The number of para-hydroxylation sites is 1. The second-order valence-corrected chi connectivity index (χ2v) is 9.99. The maximum atomic E-state index is 13.7. The van der Waals surface area contributed by atoms with Crippen LogP contribution in [0.25, 0.3) is 33.6 Å². The predicted octanol–water partition coefficient (Wildman–Crippen LogP) is 6.04. The van der Waals surface area contributed by atoms with Gasteiger partial charge in [0.2, 0.25) is 0 Å². The van der Waals surface area contributed by atoms with E-state index in [1.807, 2.05) is 25.1 Å². The van der Waals surface area contributed by atoms with Crippen LogP contribution in [-0.2, 0) is 0 Å². The Morgan fingerprint density at radius 1 is 1.00 bits per heavy atom. The van der Waals surface area contributed by atoms with Gasteiger partial charge in [0.25, 0.3) is 5.56 Å². The molecule has 0 aliphatic rings. The highest BCUT2D eigenvalue weighted by Crippen LogP contribution is 2.34. The van der Waals surface area contributed by atoms with E-state index in [0.717, 1.165) is 22.9 Å². The van der Waals surface area contributed by atoms with Gasteiger partial charge in [-0.15, -0.1) is 0 Å². The van der Waals surface area contributed by atoms with E-state index in [1.165, 1.54) is 23.0 Å². The van der Waals surface area contributed by atoms with Crippen molar-refractivity contribution in [1.29, 1.82) is 0 Å². The van der Waals surface area contributed by atoms with E-state index in [9.17, 15) is 24.6 Å². The zero-order valence-electron chi connectivity index (χ0n) is 23.3. The molecule has 0 amide bonds. The fourth-order valence-corrected chi connectivity index (χ4v) is 4.68. The summed E-state index contributed by atoms with van der Waals surface area (Å²) in [6.45, 7) is 6.01. The zero-order valence-corrected chi connectivity index (χ0v) is 23.3. The number of hydrogen-bond donors (Lipinski definition) is 2. The van der Waals surface area contributed by atoms with Crippen LogP contribution in [0.2, 0.25) is 0 Å². The number of carboxylic acid groups (broad SMARTS) is 2. The van der Waals surface area contributed by atoms with Crippen LogP contribution in [0.4, 0.5) is 0 Å². The van der Waals surface area contributed by atoms with Gasteiger partial charge in [-0.3, -0.25) is 4.79 Å². The number of fused-ring (bicyclic) bond motifs is 1. The molecule has 3 aromatic carbocycles. The molecule has 0 atom stereocenters.